The van der Waals surface area contributed by atoms with Gasteiger partial charge in [-0.05, 0) is 36.4 Å². The van der Waals surface area contributed by atoms with Gasteiger partial charge in [-0.15, -0.1) is 11.3 Å². The Hall–Kier alpha value is -0.930. The molecule has 2 aromatic rings. The standard InChI is InChI=1S/C14H18FNS/c1-9(2)7-16-8-13-10(3)11-5-4-6-12(15)14(11)17-13/h4-6,9,16H,7-8H2,1-3H3. The number of halogens is 1. The van der Waals surface area contributed by atoms with Gasteiger partial charge in [-0.2, -0.15) is 0 Å². The van der Waals surface area contributed by atoms with Gasteiger partial charge in [0.2, 0.25) is 0 Å². The highest BCUT2D eigenvalue weighted by molar-refractivity contribution is 7.19. The van der Waals surface area contributed by atoms with Crippen LogP contribution in [0.1, 0.15) is 24.3 Å². The Morgan fingerprint density at radius 3 is 2.76 bits per heavy atom. The van der Waals surface area contributed by atoms with Crippen LogP contribution in [0, 0.1) is 18.7 Å². The molecule has 0 aliphatic heterocycles. The Bertz CT molecular complexity index is 516. The van der Waals surface area contributed by atoms with Gasteiger partial charge < -0.3 is 5.32 Å². The molecular formula is C14H18FNS. The van der Waals surface area contributed by atoms with Gasteiger partial charge in [0.15, 0.2) is 0 Å². The van der Waals surface area contributed by atoms with Crippen LogP contribution < -0.4 is 5.32 Å². The molecule has 0 aliphatic rings. The molecule has 0 fully saturated rings. The molecule has 3 heteroatoms. The summed E-state index contributed by atoms with van der Waals surface area (Å²) in [6.45, 7) is 8.28. The molecule has 17 heavy (non-hydrogen) atoms. The van der Waals surface area contributed by atoms with Crippen molar-refractivity contribution >= 4 is 21.4 Å². The van der Waals surface area contributed by atoms with Crippen molar-refractivity contribution in [2.75, 3.05) is 6.54 Å². The van der Waals surface area contributed by atoms with Gasteiger partial charge in [0.1, 0.15) is 5.82 Å². The van der Waals surface area contributed by atoms with Crippen molar-refractivity contribution in [1.82, 2.24) is 5.32 Å². The van der Waals surface area contributed by atoms with E-state index in [1.54, 1.807) is 17.4 Å². The van der Waals surface area contributed by atoms with E-state index in [9.17, 15) is 4.39 Å². The molecule has 0 bridgehead atoms. The smallest absolute Gasteiger partial charge is 0.141 e. The lowest BCUT2D eigenvalue weighted by Gasteiger charge is -2.06. The van der Waals surface area contributed by atoms with E-state index in [0.717, 1.165) is 23.2 Å². The molecular weight excluding hydrogens is 233 g/mol. The fourth-order valence-corrected chi connectivity index (χ4v) is 3.08. The second-order valence-electron chi connectivity index (χ2n) is 4.79. The summed E-state index contributed by atoms with van der Waals surface area (Å²) in [7, 11) is 0. The minimum Gasteiger partial charge on any atom is -0.312 e. The van der Waals surface area contributed by atoms with E-state index in [1.165, 1.54) is 16.5 Å². The molecule has 0 saturated heterocycles. The van der Waals surface area contributed by atoms with Gasteiger partial charge >= 0.3 is 0 Å². The summed E-state index contributed by atoms with van der Waals surface area (Å²) >= 11 is 1.56. The largest absolute Gasteiger partial charge is 0.312 e. The summed E-state index contributed by atoms with van der Waals surface area (Å²) in [5.74, 6) is 0.534. The van der Waals surface area contributed by atoms with Crippen LogP contribution >= 0.6 is 11.3 Å². The maximum absolute atomic E-state index is 13.6. The van der Waals surface area contributed by atoms with Crippen molar-refractivity contribution in [2.45, 2.75) is 27.3 Å². The minimum absolute atomic E-state index is 0.106. The van der Waals surface area contributed by atoms with E-state index < -0.39 is 0 Å². The Balaban J connectivity index is 2.23. The number of aryl methyl sites for hydroxylation is 1. The van der Waals surface area contributed by atoms with Crippen LogP contribution in [0.25, 0.3) is 10.1 Å². The third-order valence-electron chi connectivity index (χ3n) is 2.85. The maximum Gasteiger partial charge on any atom is 0.141 e. The first-order valence-corrected chi connectivity index (χ1v) is 6.78. The fraction of sp³-hybridized carbons (Fsp3) is 0.429. The van der Waals surface area contributed by atoms with Gasteiger partial charge in [-0.3, -0.25) is 0 Å². The number of hydrogen-bond acceptors (Lipinski definition) is 2. The number of fused-ring (bicyclic) bond motifs is 1. The van der Waals surface area contributed by atoms with Crippen LogP contribution in [-0.4, -0.2) is 6.54 Å². The van der Waals surface area contributed by atoms with Gasteiger partial charge in [0.25, 0.3) is 0 Å². The molecule has 2 rings (SSSR count). The molecule has 0 atom stereocenters. The molecule has 0 amide bonds. The average Bonchev–Trinajstić information content (AvgIpc) is 2.58. The molecule has 0 radical (unpaired) electrons. The fourth-order valence-electron chi connectivity index (χ4n) is 1.90. The van der Waals surface area contributed by atoms with E-state index in [0.29, 0.717) is 5.92 Å². The highest BCUT2D eigenvalue weighted by atomic mass is 32.1. The molecule has 1 aromatic carbocycles. The van der Waals surface area contributed by atoms with Gasteiger partial charge in [0, 0.05) is 11.4 Å². The molecule has 0 aliphatic carbocycles. The highest BCUT2D eigenvalue weighted by Crippen LogP contribution is 2.32. The third kappa shape index (κ3) is 2.67. The molecule has 0 spiro atoms. The lowest BCUT2D eigenvalue weighted by atomic mass is 10.1. The molecule has 1 aromatic heterocycles. The Labute approximate surface area is 106 Å². The number of nitrogens with one attached hydrogen (secondary N) is 1. The number of benzene rings is 1. The van der Waals surface area contributed by atoms with Crippen LogP contribution in [0.15, 0.2) is 18.2 Å². The van der Waals surface area contributed by atoms with E-state index >= 15 is 0 Å². The molecule has 0 saturated carbocycles. The number of hydrogen-bond donors (Lipinski definition) is 1. The van der Waals surface area contributed by atoms with Gasteiger partial charge in [-0.25, -0.2) is 4.39 Å². The number of thiophene rings is 1. The van der Waals surface area contributed by atoms with Crippen molar-refractivity contribution < 1.29 is 4.39 Å². The van der Waals surface area contributed by atoms with Gasteiger partial charge in [-0.1, -0.05) is 26.0 Å². The van der Waals surface area contributed by atoms with Crippen LogP contribution in [0.4, 0.5) is 4.39 Å². The van der Waals surface area contributed by atoms with Crippen molar-refractivity contribution in [3.05, 3.63) is 34.5 Å². The van der Waals surface area contributed by atoms with Crippen molar-refractivity contribution in [3.8, 4) is 0 Å². The van der Waals surface area contributed by atoms with E-state index in [1.807, 2.05) is 6.07 Å². The topological polar surface area (TPSA) is 12.0 Å². The molecule has 1 N–H and O–H groups in total. The zero-order valence-corrected chi connectivity index (χ0v) is 11.3. The Morgan fingerprint density at radius 2 is 2.12 bits per heavy atom. The molecule has 1 nitrogen and oxygen atoms in total. The monoisotopic (exact) mass is 251 g/mol. The second kappa shape index (κ2) is 5.15. The van der Waals surface area contributed by atoms with Crippen LogP contribution in [0.2, 0.25) is 0 Å². The highest BCUT2D eigenvalue weighted by Gasteiger charge is 2.10. The predicted octanol–water partition coefficient (Wildman–Crippen LogP) is 4.09. The normalized spacial score (nSPS) is 11.6. The minimum atomic E-state index is -0.106. The van der Waals surface area contributed by atoms with Crippen LogP contribution in [-0.2, 0) is 6.54 Å². The van der Waals surface area contributed by atoms with Crippen molar-refractivity contribution in [1.29, 1.82) is 0 Å². The summed E-state index contributed by atoms with van der Waals surface area (Å²) in [5.41, 5.74) is 1.21. The van der Waals surface area contributed by atoms with Crippen molar-refractivity contribution in [2.24, 2.45) is 5.92 Å². The SMILES string of the molecule is Cc1c(CNCC(C)C)sc2c(F)cccc12. The molecule has 1 heterocycles. The predicted molar refractivity (Wildman–Crippen MR) is 73.1 cm³/mol. The van der Waals surface area contributed by atoms with Crippen LogP contribution in [0.5, 0.6) is 0 Å². The van der Waals surface area contributed by atoms with E-state index in [4.69, 9.17) is 0 Å². The third-order valence-corrected chi connectivity index (χ3v) is 4.17. The summed E-state index contributed by atoms with van der Waals surface area (Å²) in [6.07, 6.45) is 0. The zero-order chi connectivity index (χ0) is 12.4. The summed E-state index contributed by atoms with van der Waals surface area (Å²) in [6, 6.07) is 5.31. The first-order chi connectivity index (χ1) is 8.09. The summed E-state index contributed by atoms with van der Waals surface area (Å²) in [4.78, 5) is 1.24. The quantitative estimate of drug-likeness (QED) is 0.863. The molecule has 0 unspecified atom stereocenters. The van der Waals surface area contributed by atoms with Gasteiger partial charge in [0.05, 0.1) is 4.70 Å². The Kier molecular flexibility index (Phi) is 3.79. The lowest BCUT2D eigenvalue weighted by Crippen LogP contribution is -2.18. The number of rotatable bonds is 4. The summed E-state index contributed by atoms with van der Waals surface area (Å²) < 4.78 is 14.4. The van der Waals surface area contributed by atoms with Crippen molar-refractivity contribution in [3.63, 3.8) is 0 Å². The van der Waals surface area contributed by atoms with E-state index in [-0.39, 0.29) is 5.82 Å². The maximum atomic E-state index is 13.6. The van der Waals surface area contributed by atoms with E-state index in [2.05, 4.69) is 26.1 Å². The first kappa shape index (κ1) is 12.5. The summed E-state index contributed by atoms with van der Waals surface area (Å²) in [5, 5.41) is 4.46. The zero-order valence-electron chi connectivity index (χ0n) is 10.5. The first-order valence-electron chi connectivity index (χ1n) is 5.96. The Morgan fingerprint density at radius 1 is 1.35 bits per heavy atom. The lowest BCUT2D eigenvalue weighted by molar-refractivity contribution is 0.554. The van der Waals surface area contributed by atoms with Crippen LogP contribution in [0.3, 0.4) is 0 Å². The molecule has 92 valence electrons. The second-order valence-corrected chi connectivity index (χ2v) is 5.90. The average molecular weight is 251 g/mol.